The SMILES string of the molecule is CN(C)C(=O)c1ccc(NC(=O)COC(=O)c2ccccc2C(=O)N(C)c2ccccc2)cc1. The molecule has 0 radical (unpaired) electrons. The van der Waals surface area contributed by atoms with Gasteiger partial charge in [0.2, 0.25) is 0 Å². The predicted molar refractivity (Wildman–Crippen MR) is 129 cm³/mol. The second-order valence-electron chi connectivity index (χ2n) is 7.65. The van der Waals surface area contributed by atoms with Crippen molar-refractivity contribution in [3.05, 3.63) is 95.6 Å². The van der Waals surface area contributed by atoms with E-state index < -0.39 is 18.5 Å². The van der Waals surface area contributed by atoms with Crippen LogP contribution < -0.4 is 10.2 Å². The number of nitrogens with zero attached hydrogens (tertiary/aromatic N) is 2. The summed E-state index contributed by atoms with van der Waals surface area (Å²) in [5.41, 5.74) is 1.84. The first-order chi connectivity index (χ1) is 16.3. The van der Waals surface area contributed by atoms with Crippen molar-refractivity contribution in [1.82, 2.24) is 4.90 Å². The fraction of sp³-hybridized carbons (Fsp3) is 0.154. The van der Waals surface area contributed by atoms with Gasteiger partial charge in [0.15, 0.2) is 6.61 Å². The largest absolute Gasteiger partial charge is 0.452 e. The van der Waals surface area contributed by atoms with Crippen LogP contribution in [-0.4, -0.2) is 56.3 Å². The van der Waals surface area contributed by atoms with Gasteiger partial charge in [-0.25, -0.2) is 4.79 Å². The highest BCUT2D eigenvalue weighted by atomic mass is 16.5. The average Bonchev–Trinajstić information content (AvgIpc) is 2.86. The second kappa shape index (κ2) is 10.9. The van der Waals surface area contributed by atoms with E-state index in [1.807, 2.05) is 18.2 Å². The summed E-state index contributed by atoms with van der Waals surface area (Å²) in [6, 6.07) is 21.7. The molecule has 3 rings (SSSR count). The molecule has 0 aliphatic heterocycles. The van der Waals surface area contributed by atoms with E-state index in [1.54, 1.807) is 69.7 Å². The van der Waals surface area contributed by atoms with Gasteiger partial charge in [-0.2, -0.15) is 0 Å². The highest BCUT2D eigenvalue weighted by Crippen LogP contribution is 2.18. The van der Waals surface area contributed by atoms with Gasteiger partial charge < -0.3 is 19.9 Å². The van der Waals surface area contributed by atoms with Crippen molar-refractivity contribution in [2.45, 2.75) is 0 Å². The van der Waals surface area contributed by atoms with Crippen LogP contribution in [0.15, 0.2) is 78.9 Å². The number of ether oxygens (including phenoxy) is 1. The van der Waals surface area contributed by atoms with E-state index in [0.717, 1.165) is 0 Å². The van der Waals surface area contributed by atoms with E-state index in [1.165, 1.54) is 21.9 Å². The maximum absolute atomic E-state index is 13.0. The van der Waals surface area contributed by atoms with Crippen molar-refractivity contribution in [2.75, 3.05) is 38.0 Å². The minimum Gasteiger partial charge on any atom is -0.452 e. The van der Waals surface area contributed by atoms with Crippen molar-refractivity contribution in [3.63, 3.8) is 0 Å². The molecule has 3 amide bonds. The molecule has 0 atom stereocenters. The molecular weight excluding hydrogens is 434 g/mol. The molecule has 0 saturated heterocycles. The second-order valence-corrected chi connectivity index (χ2v) is 7.65. The zero-order chi connectivity index (χ0) is 24.7. The Morgan fingerprint density at radius 1 is 0.735 bits per heavy atom. The molecule has 3 aromatic rings. The topological polar surface area (TPSA) is 96.0 Å². The first kappa shape index (κ1) is 24.2. The Morgan fingerprint density at radius 2 is 1.32 bits per heavy atom. The lowest BCUT2D eigenvalue weighted by Gasteiger charge is -2.18. The molecule has 8 heteroatoms. The Hall–Kier alpha value is -4.46. The van der Waals surface area contributed by atoms with E-state index in [-0.39, 0.29) is 22.9 Å². The maximum atomic E-state index is 13.0. The molecule has 0 aliphatic carbocycles. The monoisotopic (exact) mass is 459 g/mol. The van der Waals surface area contributed by atoms with Crippen LogP contribution in [0.25, 0.3) is 0 Å². The van der Waals surface area contributed by atoms with Gasteiger partial charge in [-0.3, -0.25) is 14.4 Å². The van der Waals surface area contributed by atoms with Crippen LogP contribution in [0.2, 0.25) is 0 Å². The minimum absolute atomic E-state index is 0.0645. The van der Waals surface area contributed by atoms with Gasteiger partial charge >= 0.3 is 5.97 Å². The molecule has 3 aromatic carbocycles. The number of hydrogen-bond acceptors (Lipinski definition) is 5. The molecule has 0 saturated carbocycles. The molecule has 0 aliphatic rings. The van der Waals surface area contributed by atoms with Gasteiger partial charge in [-0.1, -0.05) is 30.3 Å². The van der Waals surface area contributed by atoms with Gasteiger partial charge in [0.1, 0.15) is 0 Å². The van der Waals surface area contributed by atoms with E-state index in [4.69, 9.17) is 4.74 Å². The number of carbonyl (C=O) groups is 4. The summed E-state index contributed by atoms with van der Waals surface area (Å²) in [6.45, 7) is -0.533. The minimum atomic E-state index is -0.785. The van der Waals surface area contributed by atoms with Crippen molar-refractivity contribution in [1.29, 1.82) is 0 Å². The molecule has 0 bridgehead atoms. The number of amides is 3. The Kier molecular flexibility index (Phi) is 7.76. The number of anilines is 2. The molecule has 1 N–H and O–H groups in total. The molecule has 0 spiro atoms. The summed E-state index contributed by atoms with van der Waals surface area (Å²) in [4.78, 5) is 52.7. The lowest BCUT2D eigenvalue weighted by Crippen LogP contribution is -2.28. The van der Waals surface area contributed by atoms with Crippen LogP contribution in [0.5, 0.6) is 0 Å². The zero-order valence-corrected chi connectivity index (χ0v) is 19.1. The van der Waals surface area contributed by atoms with Gasteiger partial charge in [0.25, 0.3) is 17.7 Å². The first-order valence-electron chi connectivity index (χ1n) is 10.5. The van der Waals surface area contributed by atoms with Crippen molar-refractivity contribution >= 4 is 35.1 Å². The van der Waals surface area contributed by atoms with Gasteiger partial charge in [0.05, 0.1) is 11.1 Å². The number of nitrogens with one attached hydrogen (secondary N) is 1. The Bertz CT molecular complexity index is 1190. The number of carbonyl (C=O) groups excluding carboxylic acids is 4. The summed E-state index contributed by atoms with van der Waals surface area (Å²) >= 11 is 0. The van der Waals surface area contributed by atoms with Crippen LogP contribution >= 0.6 is 0 Å². The Morgan fingerprint density at radius 3 is 1.94 bits per heavy atom. The van der Waals surface area contributed by atoms with Crippen LogP contribution in [0.4, 0.5) is 11.4 Å². The molecule has 174 valence electrons. The van der Waals surface area contributed by atoms with Crippen LogP contribution in [-0.2, 0) is 9.53 Å². The van der Waals surface area contributed by atoms with Gasteiger partial charge in [-0.15, -0.1) is 0 Å². The highest BCUT2D eigenvalue weighted by molar-refractivity contribution is 6.12. The molecule has 0 unspecified atom stereocenters. The van der Waals surface area contributed by atoms with Gasteiger partial charge in [-0.05, 0) is 48.5 Å². The third-order valence-corrected chi connectivity index (χ3v) is 4.98. The molecule has 34 heavy (non-hydrogen) atoms. The van der Waals surface area contributed by atoms with Gasteiger partial charge in [0, 0.05) is 38.1 Å². The lowest BCUT2D eigenvalue weighted by atomic mass is 10.1. The van der Waals surface area contributed by atoms with Crippen molar-refractivity contribution < 1.29 is 23.9 Å². The summed E-state index contributed by atoms with van der Waals surface area (Å²) in [5.74, 6) is -1.87. The summed E-state index contributed by atoms with van der Waals surface area (Å²) in [6.07, 6.45) is 0. The Balaban J connectivity index is 1.62. The number of esters is 1. The zero-order valence-electron chi connectivity index (χ0n) is 19.1. The standard InChI is InChI=1S/C26H25N3O5/c1-28(2)24(31)18-13-15-19(16-14-18)27-23(30)17-34-26(33)22-12-8-7-11-21(22)25(32)29(3)20-9-5-4-6-10-20/h4-16H,17H2,1-3H3,(H,27,30). The lowest BCUT2D eigenvalue weighted by molar-refractivity contribution is -0.119. The average molecular weight is 460 g/mol. The fourth-order valence-corrected chi connectivity index (χ4v) is 3.16. The summed E-state index contributed by atoms with van der Waals surface area (Å²) in [5, 5.41) is 2.60. The van der Waals surface area contributed by atoms with Crippen molar-refractivity contribution in [2.24, 2.45) is 0 Å². The third kappa shape index (κ3) is 5.86. The first-order valence-corrected chi connectivity index (χ1v) is 10.5. The maximum Gasteiger partial charge on any atom is 0.339 e. The van der Waals surface area contributed by atoms with Crippen LogP contribution in [0.3, 0.4) is 0 Å². The van der Waals surface area contributed by atoms with Crippen LogP contribution in [0, 0.1) is 0 Å². The predicted octanol–water partition coefficient (Wildman–Crippen LogP) is 3.46. The van der Waals surface area contributed by atoms with Crippen molar-refractivity contribution in [3.8, 4) is 0 Å². The molecule has 8 nitrogen and oxygen atoms in total. The quantitative estimate of drug-likeness (QED) is 0.546. The number of rotatable bonds is 7. The molecule has 0 heterocycles. The van der Waals surface area contributed by atoms with E-state index in [2.05, 4.69) is 5.32 Å². The number of benzene rings is 3. The van der Waals surface area contributed by atoms with E-state index >= 15 is 0 Å². The molecular formula is C26H25N3O5. The number of hydrogen-bond donors (Lipinski definition) is 1. The van der Waals surface area contributed by atoms with Crippen LogP contribution in [0.1, 0.15) is 31.1 Å². The highest BCUT2D eigenvalue weighted by Gasteiger charge is 2.22. The summed E-state index contributed by atoms with van der Waals surface area (Å²) < 4.78 is 5.15. The van der Waals surface area contributed by atoms with E-state index in [0.29, 0.717) is 16.9 Å². The third-order valence-electron chi connectivity index (χ3n) is 4.98. The smallest absolute Gasteiger partial charge is 0.339 e. The van der Waals surface area contributed by atoms with E-state index in [9.17, 15) is 19.2 Å². The molecule has 0 fully saturated rings. The summed E-state index contributed by atoms with van der Waals surface area (Å²) in [7, 11) is 4.92. The molecule has 0 aromatic heterocycles. The fourth-order valence-electron chi connectivity index (χ4n) is 3.16. The normalized spacial score (nSPS) is 10.2. The number of para-hydroxylation sites is 1. The Labute approximate surface area is 197 Å².